The number of hydrogen-bond acceptors (Lipinski definition) is 3. The molecule has 4 heteroatoms. The monoisotopic (exact) mass is 292 g/mol. The number of ether oxygens (including phenoxy) is 1. The molecule has 0 saturated heterocycles. The first-order valence-corrected chi connectivity index (χ1v) is 7.81. The number of benzene rings is 1. The minimum absolute atomic E-state index is 0.0782. The highest BCUT2D eigenvalue weighted by Crippen LogP contribution is 2.16. The first-order valence-electron chi connectivity index (χ1n) is 7.81. The molecule has 0 aliphatic carbocycles. The quantitative estimate of drug-likeness (QED) is 0.640. The summed E-state index contributed by atoms with van der Waals surface area (Å²) in [6.07, 6.45) is 6.37. The van der Waals surface area contributed by atoms with Crippen molar-refractivity contribution in [1.82, 2.24) is 0 Å². The van der Waals surface area contributed by atoms with E-state index in [9.17, 15) is 4.79 Å². The van der Waals surface area contributed by atoms with E-state index < -0.39 is 0 Å². The fraction of sp³-hybridized carbons (Fsp3) is 0.588. The van der Waals surface area contributed by atoms with Crippen LogP contribution in [0, 0.1) is 0 Å². The van der Waals surface area contributed by atoms with Crippen LogP contribution >= 0.6 is 0 Å². The van der Waals surface area contributed by atoms with Gasteiger partial charge in [-0.15, -0.1) is 0 Å². The third-order valence-electron chi connectivity index (χ3n) is 3.35. The Labute approximate surface area is 128 Å². The number of hydrogen-bond donors (Lipinski definition) is 2. The molecule has 0 spiro atoms. The summed E-state index contributed by atoms with van der Waals surface area (Å²) in [4.78, 5) is 11.4. The number of rotatable bonds is 10. The van der Waals surface area contributed by atoms with Gasteiger partial charge in [0.15, 0.2) is 0 Å². The van der Waals surface area contributed by atoms with Crippen LogP contribution in [0.2, 0.25) is 0 Å². The van der Waals surface area contributed by atoms with Crippen LogP contribution in [-0.2, 0) is 9.53 Å². The smallest absolute Gasteiger partial charge is 0.250 e. The number of nitrogens with one attached hydrogen (secondary N) is 2. The highest BCUT2D eigenvalue weighted by atomic mass is 16.5. The lowest BCUT2D eigenvalue weighted by Gasteiger charge is -2.15. The second kappa shape index (κ2) is 10.2. The summed E-state index contributed by atoms with van der Waals surface area (Å²) in [5, 5.41) is 6.27. The number of methoxy groups -OCH3 is 1. The molecule has 1 atom stereocenters. The maximum atomic E-state index is 11.4. The Bertz CT molecular complexity index is 404. The van der Waals surface area contributed by atoms with Gasteiger partial charge in [-0.2, -0.15) is 0 Å². The molecule has 0 radical (unpaired) electrons. The highest BCUT2D eigenvalue weighted by Gasteiger charge is 2.04. The van der Waals surface area contributed by atoms with Crippen molar-refractivity contribution in [2.75, 3.05) is 24.4 Å². The maximum Gasteiger partial charge on any atom is 0.250 e. The van der Waals surface area contributed by atoms with Crippen LogP contribution in [0.3, 0.4) is 0 Å². The predicted molar refractivity (Wildman–Crippen MR) is 88.8 cm³/mol. The van der Waals surface area contributed by atoms with E-state index in [4.69, 9.17) is 4.74 Å². The van der Waals surface area contributed by atoms with Crippen LogP contribution in [0.1, 0.15) is 46.0 Å². The van der Waals surface area contributed by atoms with E-state index in [0.29, 0.717) is 6.04 Å². The summed E-state index contributed by atoms with van der Waals surface area (Å²) >= 11 is 0. The van der Waals surface area contributed by atoms with Crippen LogP contribution in [0.15, 0.2) is 24.3 Å². The lowest BCUT2D eigenvalue weighted by atomic mass is 10.1. The highest BCUT2D eigenvalue weighted by molar-refractivity contribution is 5.91. The van der Waals surface area contributed by atoms with Gasteiger partial charge in [0.2, 0.25) is 5.91 Å². The number of carbonyl (C=O) groups is 1. The van der Waals surface area contributed by atoms with Gasteiger partial charge in [0.05, 0.1) is 0 Å². The fourth-order valence-electron chi connectivity index (χ4n) is 2.21. The van der Waals surface area contributed by atoms with Gasteiger partial charge in [-0.05, 0) is 37.6 Å². The summed E-state index contributed by atoms with van der Waals surface area (Å²) in [6, 6.07) is 8.26. The topological polar surface area (TPSA) is 50.4 Å². The molecule has 1 unspecified atom stereocenters. The zero-order valence-corrected chi connectivity index (χ0v) is 13.4. The van der Waals surface area contributed by atoms with Crippen LogP contribution < -0.4 is 10.6 Å². The molecule has 0 aliphatic rings. The number of carbonyl (C=O) groups excluding carboxylic acids is 1. The molecule has 21 heavy (non-hydrogen) atoms. The summed E-state index contributed by atoms with van der Waals surface area (Å²) < 4.78 is 4.78. The summed E-state index contributed by atoms with van der Waals surface area (Å²) in [5.41, 5.74) is 1.88. The van der Waals surface area contributed by atoms with E-state index in [-0.39, 0.29) is 12.5 Å². The van der Waals surface area contributed by atoms with E-state index in [1.807, 2.05) is 24.3 Å². The Morgan fingerprint density at radius 1 is 1.14 bits per heavy atom. The first-order chi connectivity index (χ1) is 10.2. The Hall–Kier alpha value is -1.55. The normalized spacial score (nSPS) is 12.0. The van der Waals surface area contributed by atoms with Gasteiger partial charge >= 0.3 is 0 Å². The Morgan fingerprint density at radius 2 is 1.81 bits per heavy atom. The number of anilines is 2. The van der Waals surface area contributed by atoms with Crippen molar-refractivity contribution in [2.24, 2.45) is 0 Å². The zero-order valence-electron chi connectivity index (χ0n) is 13.4. The molecule has 0 saturated carbocycles. The SMILES string of the molecule is CCCCCCC(C)Nc1ccc(NC(=O)COC)cc1. The van der Waals surface area contributed by atoms with Crippen molar-refractivity contribution >= 4 is 17.3 Å². The predicted octanol–water partition coefficient (Wildman–Crippen LogP) is 4.04. The summed E-state index contributed by atoms with van der Waals surface area (Å²) in [7, 11) is 1.51. The van der Waals surface area contributed by atoms with Gasteiger partial charge in [0, 0.05) is 24.5 Å². The summed E-state index contributed by atoms with van der Waals surface area (Å²) in [5.74, 6) is -0.137. The molecule has 4 nitrogen and oxygen atoms in total. The lowest BCUT2D eigenvalue weighted by Crippen LogP contribution is -2.17. The van der Waals surface area contributed by atoms with Crippen LogP contribution in [0.4, 0.5) is 11.4 Å². The molecule has 1 amide bonds. The van der Waals surface area contributed by atoms with Crippen molar-refractivity contribution in [3.8, 4) is 0 Å². The molecule has 0 heterocycles. The van der Waals surface area contributed by atoms with Crippen molar-refractivity contribution in [1.29, 1.82) is 0 Å². The van der Waals surface area contributed by atoms with Crippen molar-refractivity contribution in [3.05, 3.63) is 24.3 Å². The largest absolute Gasteiger partial charge is 0.383 e. The minimum atomic E-state index is -0.137. The second-order valence-electron chi connectivity index (χ2n) is 5.45. The maximum absolute atomic E-state index is 11.4. The molecule has 1 rings (SSSR count). The number of amides is 1. The molecule has 0 aliphatic heterocycles. The van der Waals surface area contributed by atoms with Crippen molar-refractivity contribution in [3.63, 3.8) is 0 Å². The Morgan fingerprint density at radius 3 is 2.43 bits per heavy atom. The van der Waals surface area contributed by atoms with E-state index >= 15 is 0 Å². The lowest BCUT2D eigenvalue weighted by molar-refractivity contribution is -0.119. The van der Waals surface area contributed by atoms with E-state index in [1.165, 1.54) is 39.2 Å². The van der Waals surface area contributed by atoms with Gasteiger partial charge in [-0.1, -0.05) is 32.6 Å². The Kier molecular flexibility index (Phi) is 8.51. The van der Waals surface area contributed by atoms with Crippen molar-refractivity contribution < 1.29 is 9.53 Å². The second-order valence-corrected chi connectivity index (χ2v) is 5.45. The molecule has 118 valence electrons. The average molecular weight is 292 g/mol. The minimum Gasteiger partial charge on any atom is -0.383 e. The number of unbranched alkanes of at least 4 members (excludes halogenated alkanes) is 3. The van der Waals surface area contributed by atoms with Crippen LogP contribution in [0.5, 0.6) is 0 Å². The fourth-order valence-corrected chi connectivity index (χ4v) is 2.21. The molecule has 2 N–H and O–H groups in total. The first kappa shape index (κ1) is 17.5. The molecule has 1 aromatic rings. The zero-order chi connectivity index (χ0) is 15.5. The van der Waals surface area contributed by atoms with Crippen molar-refractivity contribution in [2.45, 2.75) is 52.0 Å². The van der Waals surface area contributed by atoms with Crippen LogP contribution in [-0.4, -0.2) is 25.7 Å². The molecular formula is C17H28N2O2. The van der Waals surface area contributed by atoms with E-state index in [0.717, 1.165) is 11.4 Å². The van der Waals surface area contributed by atoms with Gasteiger partial charge in [0.25, 0.3) is 0 Å². The van der Waals surface area contributed by atoms with Gasteiger partial charge in [-0.25, -0.2) is 0 Å². The van der Waals surface area contributed by atoms with Crippen LogP contribution in [0.25, 0.3) is 0 Å². The third kappa shape index (κ3) is 7.71. The molecule has 0 aromatic heterocycles. The summed E-state index contributed by atoms with van der Waals surface area (Å²) in [6.45, 7) is 4.52. The third-order valence-corrected chi connectivity index (χ3v) is 3.35. The molecule has 0 fully saturated rings. The van der Waals surface area contributed by atoms with E-state index in [2.05, 4.69) is 24.5 Å². The van der Waals surface area contributed by atoms with Gasteiger partial charge in [-0.3, -0.25) is 4.79 Å². The van der Waals surface area contributed by atoms with E-state index in [1.54, 1.807) is 0 Å². The van der Waals surface area contributed by atoms with Gasteiger partial charge < -0.3 is 15.4 Å². The standard InChI is InChI=1S/C17H28N2O2/c1-4-5-6-7-8-14(2)18-15-9-11-16(12-10-15)19-17(20)13-21-3/h9-12,14,18H,4-8,13H2,1-3H3,(H,19,20). The molecular weight excluding hydrogens is 264 g/mol. The van der Waals surface area contributed by atoms with Gasteiger partial charge in [0.1, 0.15) is 6.61 Å². The molecule has 0 bridgehead atoms. The Balaban J connectivity index is 2.34. The average Bonchev–Trinajstić information content (AvgIpc) is 2.46. The molecule has 1 aromatic carbocycles.